The second-order valence-corrected chi connectivity index (χ2v) is 5.90. The van der Waals surface area contributed by atoms with Gasteiger partial charge < -0.3 is 14.6 Å². The molecule has 0 fully saturated rings. The lowest BCUT2D eigenvalue weighted by Gasteiger charge is -2.09. The fraction of sp³-hybridized carbons (Fsp3) is 0.462. The van der Waals surface area contributed by atoms with Gasteiger partial charge in [-0.2, -0.15) is 0 Å². The van der Waals surface area contributed by atoms with Gasteiger partial charge in [-0.3, -0.25) is 0 Å². The number of hydrogen-bond acceptors (Lipinski definition) is 4. The normalized spacial score (nSPS) is 10.8. The van der Waals surface area contributed by atoms with E-state index in [1.165, 1.54) is 4.88 Å². The molecule has 2 aromatic heterocycles. The van der Waals surface area contributed by atoms with Gasteiger partial charge >= 0.3 is 0 Å². The van der Waals surface area contributed by atoms with Crippen LogP contribution in [-0.2, 0) is 11.3 Å². The zero-order valence-electron chi connectivity index (χ0n) is 10.9. The predicted molar refractivity (Wildman–Crippen MR) is 82.9 cm³/mol. The summed E-state index contributed by atoms with van der Waals surface area (Å²) in [6, 6.07) is 2.08. The van der Waals surface area contributed by atoms with Gasteiger partial charge in [0, 0.05) is 41.5 Å². The van der Waals surface area contributed by atoms with Gasteiger partial charge in [0.05, 0.1) is 6.54 Å². The van der Waals surface area contributed by atoms with E-state index in [1.54, 1.807) is 11.3 Å². The number of ether oxygens (including phenoxy) is 1. The lowest BCUT2D eigenvalue weighted by atomic mass is 10.4. The maximum absolute atomic E-state index is 5.31. The largest absolute Gasteiger partial charge is 0.382 e. The van der Waals surface area contributed by atoms with Crippen LogP contribution in [0.15, 0.2) is 28.3 Å². The number of hydrogen-bond donors (Lipinski definition) is 1. The van der Waals surface area contributed by atoms with Gasteiger partial charge in [-0.1, -0.05) is 0 Å². The Balaban J connectivity index is 1.85. The van der Waals surface area contributed by atoms with Gasteiger partial charge in [0.15, 0.2) is 0 Å². The monoisotopic (exact) mass is 343 g/mol. The summed E-state index contributed by atoms with van der Waals surface area (Å²) in [4.78, 5) is 5.65. The number of halogens is 1. The van der Waals surface area contributed by atoms with E-state index in [1.807, 2.05) is 19.3 Å². The Morgan fingerprint density at radius 2 is 2.42 bits per heavy atom. The first-order valence-corrected chi connectivity index (χ1v) is 8.03. The topological polar surface area (TPSA) is 39.1 Å². The van der Waals surface area contributed by atoms with E-state index >= 15 is 0 Å². The van der Waals surface area contributed by atoms with Crippen LogP contribution in [0.2, 0.25) is 0 Å². The molecule has 0 unspecified atom stereocenters. The minimum Gasteiger partial charge on any atom is -0.382 e. The Hall–Kier alpha value is -0.850. The smallest absolute Gasteiger partial charge is 0.203 e. The van der Waals surface area contributed by atoms with Crippen LogP contribution in [0, 0.1) is 0 Å². The van der Waals surface area contributed by atoms with E-state index < -0.39 is 0 Å². The summed E-state index contributed by atoms with van der Waals surface area (Å²) in [6.45, 7) is 5.30. The van der Waals surface area contributed by atoms with E-state index in [9.17, 15) is 0 Å². The van der Waals surface area contributed by atoms with Crippen LogP contribution in [-0.4, -0.2) is 29.3 Å². The zero-order chi connectivity index (χ0) is 13.5. The summed E-state index contributed by atoms with van der Waals surface area (Å²) < 4.78 is 8.60. The van der Waals surface area contributed by atoms with Crippen LogP contribution in [0.4, 0.5) is 5.95 Å². The summed E-state index contributed by atoms with van der Waals surface area (Å²) in [5.41, 5.74) is 0. The minimum atomic E-state index is 0.779. The molecule has 1 N–H and O–H groups in total. The van der Waals surface area contributed by atoms with Gasteiger partial charge in [-0.05, 0) is 40.7 Å². The molecule has 4 nitrogen and oxygen atoms in total. The standard InChI is InChI=1S/C13H18BrN3OS/c1-2-18-8-3-5-15-13-16-6-7-17(13)10-12-11(14)4-9-19-12/h4,6-7,9H,2-3,5,8,10H2,1H3,(H,15,16). The molecule has 0 aliphatic carbocycles. The second-order valence-electron chi connectivity index (χ2n) is 4.05. The zero-order valence-corrected chi connectivity index (χ0v) is 13.3. The molecule has 2 heterocycles. The van der Waals surface area contributed by atoms with Crippen molar-refractivity contribution in [2.45, 2.75) is 19.9 Å². The van der Waals surface area contributed by atoms with E-state index in [2.05, 4.69) is 42.2 Å². The Labute approximate surface area is 125 Å². The third kappa shape index (κ3) is 4.33. The highest BCUT2D eigenvalue weighted by atomic mass is 79.9. The molecule has 0 aliphatic rings. The van der Waals surface area contributed by atoms with E-state index in [-0.39, 0.29) is 0 Å². The van der Waals surface area contributed by atoms with Crippen molar-refractivity contribution in [3.05, 3.63) is 33.2 Å². The molecule has 6 heteroatoms. The van der Waals surface area contributed by atoms with Crippen molar-refractivity contribution < 1.29 is 4.74 Å². The Morgan fingerprint density at radius 1 is 1.53 bits per heavy atom. The lowest BCUT2D eigenvalue weighted by Crippen LogP contribution is -2.11. The molecule has 0 amide bonds. The van der Waals surface area contributed by atoms with Crippen molar-refractivity contribution in [2.24, 2.45) is 0 Å². The highest BCUT2D eigenvalue weighted by molar-refractivity contribution is 9.10. The first kappa shape index (κ1) is 14.6. The van der Waals surface area contributed by atoms with Crippen LogP contribution in [0.5, 0.6) is 0 Å². The van der Waals surface area contributed by atoms with Gasteiger partial charge in [0.1, 0.15) is 0 Å². The number of anilines is 1. The summed E-state index contributed by atoms with van der Waals surface area (Å²) >= 11 is 5.31. The molecule has 0 saturated carbocycles. The van der Waals surface area contributed by atoms with Gasteiger partial charge in [-0.25, -0.2) is 4.98 Å². The predicted octanol–water partition coefficient (Wildman–Crippen LogP) is 3.59. The summed E-state index contributed by atoms with van der Waals surface area (Å²) in [6.07, 6.45) is 4.81. The van der Waals surface area contributed by atoms with Crippen LogP contribution in [0.3, 0.4) is 0 Å². The van der Waals surface area contributed by atoms with Gasteiger partial charge in [-0.15, -0.1) is 11.3 Å². The summed E-state index contributed by atoms with van der Waals surface area (Å²) in [7, 11) is 0. The van der Waals surface area contributed by atoms with Crippen LogP contribution in [0.25, 0.3) is 0 Å². The molecule has 0 radical (unpaired) electrons. The van der Waals surface area contributed by atoms with Crippen molar-refractivity contribution in [1.82, 2.24) is 9.55 Å². The molecular formula is C13H18BrN3OS. The van der Waals surface area contributed by atoms with Crippen LogP contribution >= 0.6 is 27.3 Å². The number of aromatic nitrogens is 2. The van der Waals surface area contributed by atoms with E-state index in [4.69, 9.17) is 4.74 Å². The molecule has 2 aromatic rings. The van der Waals surface area contributed by atoms with Gasteiger partial charge in [0.2, 0.25) is 5.95 Å². The first-order valence-electron chi connectivity index (χ1n) is 6.36. The molecule has 0 saturated heterocycles. The van der Waals surface area contributed by atoms with Crippen LogP contribution in [0.1, 0.15) is 18.2 Å². The molecule has 0 spiro atoms. The molecule has 19 heavy (non-hydrogen) atoms. The molecule has 2 rings (SSSR count). The molecule has 104 valence electrons. The van der Waals surface area contributed by atoms with Crippen molar-refractivity contribution in [3.8, 4) is 0 Å². The quantitative estimate of drug-likeness (QED) is 0.744. The number of thiophene rings is 1. The molecular weight excluding hydrogens is 326 g/mol. The average molecular weight is 344 g/mol. The third-order valence-electron chi connectivity index (χ3n) is 2.67. The van der Waals surface area contributed by atoms with Crippen molar-refractivity contribution in [1.29, 1.82) is 0 Å². The third-order valence-corrected chi connectivity index (χ3v) is 4.58. The highest BCUT2D eigenvalue weighted by Gasteiger charge is 2.06. The van der Waals surface area contributed by atoms with Crippen molar-refractivity contribution in [2.75, 3.05) is 25.1 Å². The average Bonchev–Trinajstić information content (AvgIpc) is 3.00. The number of rotatable bonds is 8. The first-order chi connectivity index (χ1) is 9.31. The Kier molecular flexibility index (Phi) is 5.88. The molecule has 0 atom stereocenters. The Morgan fingerprint density at radius 3 is 3.16 bits per heavy atom. The van der Waals surface area contributed by atoms with Crippen molar-refractivity contribution >= 4 is 33.2 Å². The fourth-order valence-corrected chi connectivity index (χ4v) is 3.19. The number of nitrogens with one attached hydrogen (secondary N) is 1. The minimum absolute atomic E-state index is 0.779. The molecule has 0 aromatic carbocycles. The second kappa shape index (κ2) is 7.67. The van der Waals surface area contributed by atoms with E-state index in [0.29, 0.717) is 0 Å². The molecule has 0 aliphatic heterocycles. The maximum Gasteiger partial charge on any atom is 0.203 e. The van der Waals surface area contributed by atoms with E-state index in [0.717, 1.165) is 43.1 Å². The van der Waals surface area contributed by atoms with Crippen LogP contribution < -0.4 is 5.32 Å². The molecule has 0 bridgehead atoms. The fourth-order valence-electron chi connectivity index (χ4n) is 1.72. The summed E-state index contributed by atoms with van der Waals surface area (Å²) in [5, 5.41) is 5.43. The maximum atomic E-state index is 5.31. The lowest BCUT2D eigenvalue weighted by molar-refractivity contribution is 0.147. The Bertz CT molecular complexity index is 498. The van der Waals surface area contributed by atoms with Crippen molar-refractivity contribution in [3.63, 3.8) is 0 Å². The SMILES string of the molecule is CCOCCCNc1nccn1Cc1sccc1Br. The van der Waals surface area contributed by atoms with Gasteiger partial charge in [0.25, 0.3) is 0 Å². The number of nitrogens with zero attached hydrogens (tertiary/aromatic N) is 2. The highest BCUT2D eigenvalue weighted by Crippen LogP contribution is 2.24. The number of imidazole rings is 1. The summed E-state index contributed by atoms with van der Waals surface area (Å²) in [5.74, 6) is 0.914.